The lowest BCUT2D eigenvalue weighted by Crippen LogP contribution is -2.39. The first-order valence-corrected chi connectivity index (χ1v) is 8.31. The number of hydrogen-bond donors (Lipinski definition) is 2. The predicted octanol–water partition coefficient (Wildman–Crippen LogP) is 3.90. The van der Waals surface area contributed by atoms with Crippen molar-refractivity contribution in [2.75, 3.05) is 7.11 Å². The lowest BCUT2D eigenvalue weighted by molar-refractivity contribution is -0.132. The van der Waals surface area contributed by atoms with Gasteiger partial charge in [-0.05, 0) is 69.2 Å². The fourth-order valence-corrected chi connectivity index (χ4v) is 3.60. The maximum Gasteiger partial charge on any atom is 0.335 e. The Kier molecular flexibility index (Phi) is 5.52. The summed E-state index contributed by atoms with van der Waals surface area (Å²) >= 11 is 0. The zero-order chi connectivity index (χ0) is 19.6. The van der Waals surface area contributed by atoms with Gasteiger partial charge in [-0.15, -0.1) is 0 Å². The normalized spacial score (nSPS) is 23.7. The number of ether oxygens (including phenoxy) is 1. The Morgan fingerprint density at radius 3 is 2.23 bits per heavy atom. The molecule has 1 aliphatic carbocycles. The number of phenolic OH excluding ortho intramolecular Hbond substituents is 1. The van der Waals surface area contributed by atoms with Crippen molar-refractivity contribution in [2.24, 2.45) is 5.41 Å². The summed E-state index contributed by atoms with van der Waals surface area (Å²) in [6.07, 6.45) is 2.77. The number of carbonyl (C=O) groups is 2. The molecule has 0 fully saturated rings. The van der Waals surface area contributed by atoms with Gasteiger partial charge in [0.05, 0.1) is 11.7 Å². The highest BCUT2D eigenvalue weighted by molar-refractivity contribution is 6.04. The molecule has 0 saturated carbocycles. The Morgan fingerprint density at radius 2 is 1.73 bits per heavy atom. The Hall–Kier alpha value is -2.66. The number of aliphatic carboxylic acids is 1. The van der Waals surface area contributed by atoms with Crippen molar-refractivity contribution in [1.29, 1.82) is 0 Å². The number of hydrogen-bond acceptors (Lipinski definition) is 4. The Labute approximate surface area is 153 Å². The third kappa shape index (κ3) is 3.35. The Bertz CT molecular complexity index is 826. The van der Waals surface area contributed by atoms with Crippen molar-refractivity contribution in [3.8, 4) is 5.75 Å². The molecule has 2 unspecified atom stereocenters. The van der Waals surface area contributed by atoms with Crippen LogP contribution in [0, 0.1) is 5.41 Å². The van der Waals surface area contributed by atoms with Crippen LogP contribution in [0.25, 0.3) is 0 Å². The van der Waals surface area contributed by atoms with E-state index in [9.17, 15) is 19.8 Å². The molecule has 0 aromatic heterocycles. The summed E-state index contributed by atoms with van der Waals surface area (Å²) in [6.45, 7) is 7.33. The fourth-order valence-electron chi connectivity index (χ4n) is 3.60. The van der Waals surface area contributed by atoms with E-state index in [0.717, 1.165) is 5.57 Å². The molecule has 0 heterocycles. The van der Waals surface area contributed by atoms with Gasteiger partial charge in [-0.3, -0.25) is 4.79 Å². The van der Waals surface area contributed by atoms with Gasteiger partial charge < -0.3 is 14.9 Å². The van der Waals surface area contributed by atoms with E-state index in [-0.39, 0.29) is 17.1 Å². The molecule has 2 N–H and O–H groups in total. The minimum absolute atomic E-state index is 0.0978. The van der Waals surface area contributed by atoms with Gasteiger partial charge in [-0.2, -0.15) is 0 Å². The van der Waals surface area contributed by atoms with Gasteiger partial charge in [0, 0.05) is 18.1 Å². The Morgan fingerprint density at radius 1 is 1.15 bits per heavy atom. The maximum atomic E-state index is 12.4. The van der Waals surface area contributed by atoms with E-state index in [1.807, 2.05) is 13.8 Å². The van der Waals surface area contributed by atoms with Crippen LogP contribution < -0.4 is 0 Å². The van der Waals surface area contributed by atoms with Gasteiger partial charge in [0.1, 0.15) is 5.75 Å². The number of carbonyl (C=O) groups excluding carboxylic acids is 1. The molecule has 0 amide bonds. The van der Waals surface area contributed by atoms with Gasteiger partial charge in [0.2, 0.25) is 0 Å². The summed E-state index contributed by atoms with van der Waals surface area (Å²) in [5.41, 5.74) is 2.25. The van der Waals surface area contributed by atoms with Crippen LogP contribution in [-0.2, 0) is 9.53 Å². The number of rotatable bonds is 5. The first-order valence-electron chi connectivity index (χ1n) is 8.31. The second-order valence-corrected chi connectivity index (χ2v) is 6.76. The molecule has 138 valence electrons. The molecule has 2 rings (SSSR count). The largest absolute Gasteiger partial charge is 0.508 e. The first-order chi connectivity index (χ1) is 12.1. The smallest absolute Gasteiger partial charge is 0.335 e. The van der Waals surface area contributed by atoms with E-state index in [4.69, 9.17) is 4.74 Å². The van der Waals surface area contributed by atoms with Gasteiger partial charge in [0.15, 0.2) is 5.78 Å². The van der Waals surface area contributed by atoms with E-state index >= 15 is 0 Å². The van der Waals surface area contributed by atoms with Crippen molar-refractivity contribution in [1.82, 2.24) is 0 Å². The quantitative estimate of drug-likeness (QED) is 0.617. The van der Waals surface area contributed by atoms with Crippen LogP contribution in [0.5, 0.6) is 5.75 Å². The predicted molar refractivity (Wildman–Crippen MR) is 99.2 cm³/mol. The first kappa shape index (κ1) is 19.7. The lowest BCUT2D eigenvalue weighted by Gasteiger charge is -2.41. The van der Waals surface area contributed by atoms with E-state index in [1.165, 1.54) is 25.3 Å². The average Bonchev–Trinajstić information content (AvgIpc) is 2.59. The topological polar surface area (TPSA) is 83.8 Å². The molecule has 1 aliphatic rings. The van der Waals surface area contributed by atoms with Gasteiger partial charge >= 0.3 is 5.97 Å². The Balaban J connectivity index is 2.45. The minimum atomic E-state index is -0.979. The zero-order valence-corrected chi connectivity index (χ0v) is 15.7. The van der Waals surface area contributed by atoms with E-state index < -0.39 is 17.5 Å². The summed E-state index contributed by atoms with van der Waals surface area (Å²) in [6, 6.07) is 6.03. The summed E-state index contributed by atoms with van der Waals surface area (Å²) in [5.74, 6) is -1.08. The second kappa shape index (κ2) is 7.30. The number of carboxylic acids is 1. The van der Waals surface area contributed by atoms with E-state index in [0.29, 0.717) is 16.7 Å². The van der Waals surface area contributed by atoms with Gasteiger partial charge in [-0.25, -0.2) is 4.79 Å². The maximum absolute atomic E-state index is 12.4. The van der Waals surface area contributed by atoms with Crippen molar-refractivity contribution < 1.29 is 24.5 Å². The summed E-state index contributed by atoms with van der Waals surface area (Å²) in [7, 11) is 1.54. The van der Waals surface area contributed by atoms with Crippen molar-refractivity contribution in [2.45, 2.75) is 33.8 Å². The standard InChI is InChI=1S/C21H24O5/c1-12-14(3)21(4,19(26-5)13(2)18(12)20(24)25)11-10-17(23)15-6-8-16(22)9-7-15/h6-11,19,22H,1-5H3,(H,24,25). The highest BCUT2D eigenvalue weighted by atomic mass is 16.5. The van der Waals surface area contributed by atoms with Crippen LogP contribution in [0.15, 0.2) is 58.7 Å². The molecule has 0 bridgehead atoms. The SMILES string of the molecule is COC1C(C)=C(C(=O)O)C(C)=C(C)C1(C)C=CC(=O)c1ccc(O)cc1. The van der Waals surface area contributed by atoms with Crippen LogP contribution in [0.1, 0.15) is 38.1 Å². The molecule has 5 heteroatoms. The van der Waals surface area contributed by atoms with Crippen LogP contribution >= 0.6 is 0 Å². The lowest BCUT2D eigenvalue weighted by atomic mass is 9.67. The number of methoxy groups -OCH3 is 1. The molecule has 26 heavy (non-hydrogen) atoms. The average molecular weight is 356 g/mol. The van der Waals surface area contributed by atoms with Crippen LogP contribution in [0.2, 0.25) is 0 Å². The van der Waals surface area contributed by atoms with E-state index in [1.54, 1.807) is 32.1 Å². The third-order valence-electron chi connectivity index (χ3n) is 5.26. The number of allylic oxidation sites excluding steroid dienone is 1. The number of benzene rings is 1. The molecular formula is C21H24O5. The molecule has 0 aliphatic heterocycles. The van der Waals surface area contributed by atoms with Crippen LogP contribution in [0.3, 0.4) is 0 Å². The molecular weight excluding hydrogens is 332 g/mol. The fraction of sp³-hybridized carbons (Fsp3) is 0.333. The molecule has 0 spiro atoms. The number of ketones is 1. The van der Waals surface area contributed by atoms with Crippen molar-refractivity contribution >= 4 is 11.8 Å². The monoisotopic (exact) mass is 356 g/mol. The van der Waals surface area contributed by atoms with Gasteiger partial charge in [0.25, 0.3) is 0 Å². The number of carboxylic acid groups (broad SMARTS) is 1. The van der Waals surface area contributed by atoms with Crippen LogP contribution in [-0.4, -0.2) is 35.2 Å². The second-order valence-electron chi connectivity index (χ2n) is 6.76. The molecule has 2 atom stereocenters. The minimum Gasteiger partial charge on any atom is -0.508 e. The molecule has 1 aromatic rings. The molecule has 0 radical (unpaired) electrons. The highest BCUT2D eigenvalue weighted by Crippen LogP contribution is 2.45. The summed E-state index contributed by atoms with van der Waals surface area (Å²) in [4.78, 5) is 24.1. The summed E-state index contributed by atoms with van der Waals surface area (Å²) in [5, 5.41) is 18.9. The zero-order valence-electron chi connectivity index (χ0n) is 15.7. The molecule has 1 aromatic carbocycles. The highest BCUT2D eigenvalue weighted by Gasteiger charge is 2.42. The molecule has 0 saturated heterocycles. The van der Waals surface area contributed by atoms with Crippen LogP contribution in [0.4, 0.5) is 0 Å². The number of phenols is 1. The number of aromatic hydroxyl groups is 1. The van der Waals surface area contributed by atoms with Crippen molar-refractivity contribution in [3.63, 3.8) is 0 Å². The van der Waals surface area contributed by atoms with Gasteiger partial charge in [-0.1, -0.05) is 11.6 Å². The van der Waals surface area contributed by atoms with E-state index in [2.05, 4.69) is 0 Å². The molecule has 5 nitrogen and oxygen atoms in total. The third-order valence-corrected chi connectivity index (χ3v) is 5.26. The van der Waals surface area contributed by atoms with Crippen molar-refractivity contribution in [3.05, 3.63) is 64.3 Å². The summed E-state index contributed by atoms with van der Waals surface area (Å²) < 4.78 is 5.62.